The van der Waals surface area contributed by atoms with Crippen molar-refractivity contribution in [1.82, 2.24) is 14.9 Å². The van der Waals surface area contributed by atoms with E-state index in [1.165, 1.54) is 21.0 Å². The Balaban J connectivity index is 4.16. The molecule has 0 aromatic heterocycles. The summed E-state index contributed by atoms with van der Waals surface area (Å²) in [7, 11) is -0.783. The first kappa shape index (κ1) is 15.7. The molecule has 0 spiro atoms. The summed E-state index contributed by atoms with van der Waals surface area (Å²) in [5.41, 5.74) is 0. The summed E-state index contributed by atoms with van der Waals surface area (Å²) in [6.07, 6.45) is 0. The molecular weight excluding hydrogens is 250 g/mol. The summed E-state index contributed by atoms with van der Waals surface area (Å²) in [4.78, 5) is 23.0. The maximum Gasteiger partial charge on any atom is 0.326 e. The molecule has 0 aliphatic carbocycles. The molecule has 0 rings (SSSR count). The number of hydrogen-bond donors (Lipinski definition) is 3. The molecule has 0 aliphatic heterocycles. The minimum absolute atomic E-state index is 0.0846. The molecule has 8 nitrogen and oxygen atoms in total. The highest BCUT2D eigenvalue weighted by Crippen LogP contribution is 1.95. The van der Waals surface area contributed by atoms with Gasteiger partial charge in [0.2, 0.25) is 10.0 Å². The van der Waals surface area contributed by atoms with E-state index in [0.29, 0.717) is 0 Å². The number of carbonyl (C=O) groups is 2. The topological polar surface area (TPSA) is 116 Å². The van der Waals surface area contributed by atoms with Gasteiger partial charge in [0.05, 0.1) is 5.75 Å². The van der Waals surface area contributed by atoms with Crippen molar-refractivity contribution in [3.63, 3.8) is 0 Å². The summed E-state index contributed by atoms with van der Waals surface area (Å²) >= 11 is 0. The molecule has 0 aromatic carbocycles. The van der Waals surface area contributed by atoms with Crippen LogP contribution in [0.15, 0.2) is 0 Å². The second kappa shape index (κ2) is 6.40. The number of rotatable bonds is 6. The maximum atomic E-state index is 11.4. The van der Waals surface area contributed by atoms with Crippen molar-refractivity contribution in [2.75, 3.05) is 26.4 Å². The van der Waals surface area contributed by atoms with Gasteiger partial charge in [-0.05, 0) is 14.0 Å². The molecule has 17 heavy (non-hydrogen) atoms. The summed E-state index contributed by atoms with van der Waals surface area (Å²) in [5, 5.41) is 11.0. The van der Waals surface area contributed by atoms with Crippen LogP contribution in [0.1, 0.15) is 6.92 Å². The molecule has 1 unspecified atom stereocenters. The SMILES string of the molecule is CNS(=O)(=O)CCNC(=O)N(C)C(C)C(=O)O. The summed E-state index contributed by atoms with van der Waals surface area (Å²) < 4.78 is 24.1. The highest BCUT2D eigenvalue weighted by atomic mass is 32.2. The number of amides is 2. The number of aliphatic carboxylic acids is 1. The molecule has 0 saturated heterocycles. The lowest BCUT2D eigenvalue weighted by Crippen LogP contribution is -2.47. The van der Waals surface area contributed by atoms with Gasteiger partial charge in [0.25, 0.3) is 0 Å². The molecule has 1 atom stereocenters. The van der Waals surface area contributed by atoms with Crippen LogP contribution in [0.2, 0.25) is 0 Å². The van der Waals surface area contributed by atoms with E-state index < -0.39 is 28.1 Å². The van der Waals surface area contributed by atoms with Crippen molar-refractivity contribution in [1.29, 1.82) is 0 Å². The number of nitrogens with one attached hydrogen (secondary N) is 2. The summed E-state index contributed by atoms with van der Waals surface area (Å²) in [5.74, 6) is -1.39. The number of carboxylic acids is 1. The predicted molar refractivity (Wildman–Crippen MR) is 61.1 cm³/mol. The molecule has 0 aliphatic rings. The molecule has 0 saturated carbocycles. The van der Waals surface area contributed by atoms with E-state index in [1.807, 2.05) is 0 Å². The fourth-order valence-corrected chi connectivity index (χ4v) is 1.44. The van der Waals surface area contributed by atoms with Crippen LogP contribution in [-0.2, 0) is 14.8 Å². The van der Waals surface area contributed by atoms with Crippen molar-refractivity contribution in [2.45, 2.75) is 13.0 Å². The van der Waals surface area contributed by atoms with Gasteiger partial charge in [-0.3, -0.25) is 0 Å². The Labute approximate surface area is 100 Å². The average Bonchev–Trinajstić information content (AvgIpc) is 2.26. The van der Waals surface area contributed by atoms with Crippen molar-refractivity contribution < 1.29 is 23.1 Å². The molecule has 0 heterocycles. The molecule has 0 radical (unpaired) electrons. The summed E-state index contributed by atoms with van der Waals surface area (Å²) in [6.45, 7) is 1.27. The number of urea groups is 1. The van der Waals surface area contributed by atoms with E-state index >= 15 is 0 Å². The van der Waals surface area contributed by atoms with Crippen molar-refractivity contribution in [2.24, 2.45) is 0 Å². The van der Waals surface area contributed by atoms with Gasteiger partial charge in [-0.15, -0.1) is 0 Å². The van der Waals surface area contributed by atoms with Gasteiger partial charge in [-0.25, -0.2) is 22.7 Å². The van der Waals surface area contributed by atoms with E-state index in [9.17, 15) is 18.0 Å². The Bertz CT molecular complexity index is 381. The van der Waals surface area contributed by atoms with E-state index in [1.54, 1.807) is 0 Å². The van der Waals surface area contributed by atoms with Gasteiger partial charge in [-0.2, -0.15) is 0 Å². The average molecular weight is 267 g/mol. The minimum Gasteiger partial charge on any atom is -0.480 e. The first-order valence-corrected chi connectivity index (χ1v) is 6.51. The second-order valence-electron chi connectivity index (χ2n) is 3.38. The Kier molecular flexibility index (Phi) is 5.89. The fourth-order valence-electron chi connectivity index (χ4n) is 0.861. The monoisotopic (exact) mass is 267 g/mol. The predicted octanol–water partition coefficient (Wildman–Crippen LogP) is -1.35. The third kappa shape index (κ3) is 5.50. The standard InChI is InChI=1S/C8H17N3O5S/c1-6(7(12)13)11(3)8(14)10-4-5-17(15,16)9-2/h6,9H,4-5H2,1-3H3,(H,10,14)(H,12,13). The quantitative estimate of drug-likeness (QED) is 0.550. The molecule has 3 N–H and O–H groups in total. The van der Waals surface area contributed by atoms with Gasteiger partial charge in [0.15, 0.2) is 0 Å². The third-order valence-electron chi connectivity index (χ3n) is 2.22. The van der Waals surface area contributed by atoms with Gasteiger partial charge in [0.1, 0.15) is 6.04 Å². The zero-order valence-electron chi connectivity index (χ0n) is 9.93. The molecule has 0 aromatic rings. The number of carboxylic acid groups (broad SMARTS) is 1. The Morgan fingerprint density at radius 1 is 1.41 bits per heavy atom. The second-order valence-corrected chi connectivity index (χ2v) is 5.43. The molecular formula is C8H17N3O5S. The molecule has 0 bridgehead atoms. The molecule has 100 valence electrons. The highest BCUT2D eigenvalue weighted by Gasteiger charge is 2.21. The highest BCUT2D eigenvalue weighted by molar-refractivity contribution is 7.89. The maximum absolute atomic E-state index is 11.4. The molecule has 9 heteroatoms. The van der Waals surface area contributed by atoms with Crippen LogP contribution < -0.4 is 10.0 Å². The van der Waals surface area contributed by atoms with Crippen LogP contribution in [-0.4, -0.2) is 62.9 Å². The zero-order valence-corrected chi connectivity index (χ0v) is 10.7. The number of nitrogens with zero attached hydrogens (tertiary/aromatic N) is 1. The van der Waals surface area contributed by atoms with E-state index in [0.717, 1.165) is 4.90 Å². The smallest absolute Gasteiger partial charge is 0.326 e. The zero-order chi connectivity index (χ0) is 13.6. The Morgan fingerprint density at radius 2 is 1.94 bits per heavy atom. The van der Waals surface area contributed by atoms with Crippen molar-refractivity contribution in [3.8, 4) is 0 Å². The number of carbonyl (C=O) groups excluding carboxylic acids is 1. The van der Waals surface area contributed by atoms with Crippen LogP contribution in [0, 0.1) is 0 Å². The first-order valence-electron chi connectivity index (χ1n) is 4.86. The fraction of sp³-hybridized carbons (Fsp3) is 0.750. The van der Waals surface area contributed by atoms with Crippen molar-refractivity contribution >= 4 is 22.0 Å². The Hall–Kier alpha value is -1.35. The Morgan fingerprint density at radius 3 is 2.35 bits per heavy atom. The molecule has 2 amide bonds. The van der Waals surface area contributed by atoms with E-state index in [4.69, 9.17) is 5.11 Å². The van der Waals surface area contributed by atoms with Crippen LogP contribution in [0.3, 0.4) is 0 Å². The van der Waals surface area contributed by atoms with Crippen LogP contribution >= 0.6 is 0 Å². The molecule has 0 fully saturated rings. The lowest BCUT2D eigenvalue weighted by atomic mass is 10.3. The van der Waals surface area contributed by atoms with Crippen LogP contribution in [0.5, 0.6) is 0 Å². The van der Waals surface area contributed by atoms with E-state index in [2.05, 4.69) is 10.0 Å². The number of sulfonamides is 1. The van der Waals surface area contributed by atoms with Crippen LogP contribution in [0.4, 0.5) is 4.79 Å². The van der Waals surface area contributed by atoms with Gasteiger partial charge < -0.3 is 15.3 Å². The number of hydrogen-bond acceptors (Lipinski definition) is 4. The summed E-state index contributed by atoms with van der Waals surface area (Å²) in [6, 6.07) is -1.61. The normalized spacial score (nSPS) is 12.9. The van der Waals surface area contributed by atoms with Crippen molar-refractivity contribution in [3.05, 3.63) is 0 Å². The number of likely N-dealkylation sites (N-methyl/N-ethyl adjacent to an activating group) is 1. The lowest BCUT2D eigenvalue weighted by molar-refractivity contribution is -0.141. The van der Waals surface area contributed by atoms with Gasteiger partial charge >= 0.3 is 12.0 Å². The van der Waals surface area contributed by atoms with Crippen LogP contribution in [0.25, 0.3) is 0 Å². The van der Waals surface area contributed by atoms with Gasteiger partial charge in [0, 0.05) is 13.6 Å². The minimum atomic E-state index is -3.38. The third-order valence-corrected chi connectivity index (χ3v) is 3.58. The first-order chi connectivity index (χ1) is 7.71. The van der Waals surface area contributed by atoms with E-state index in [-0.39, 0.29) is 12.3 Å². The van der Waals surface area contributed by atoms with Gasteiger partial charge in [-0.1, -0.05) is 0 Å². The lowest BCUT2D eigenvalue weighted by Gasteiger charge is -2.21. The largest absolute Gasteiger partial charge is 0.480 e.